The number of nitrogens with one attached hydrogen (secondary N) is 1. The number of nitrogens with zero attached hydrogens (tertiary/aromatic N) is 1. The highest BCUT2D eigenvalue weighted by Crippen LogP contribution is 2.19. The van der Waals surface area contributed by atoms with Gasteiger partial charge in [0.25, 0.3) is 0 Å². The van der Waals surface area contributed by atoms with Crippen molar-refractivity contribution in [3.05, 3.63) is 35.4 Å². The molecule has 1 fully saturated rings. The Hall–Kier alpha value is -2.04. The molecule has 1 aliphatic rings. The average molecular weight is 290 g/mol. The second kappa shape index (κ2) is 7.11. The molecule has 5 heteroatoms. The minimum atomic E-state index is -0.940. The second-order valence-corrected chi connectivity index (χ2v) is 5.41. The van der Waals surface area contributed by atoms with E-state index in [4.69, 9.17) is 5.11 Å². The third-order valence-electron chi connectivity index (χ3n) is 4.00. The maximum Gasteiger partial charge on any atom is 0.335 e. The van der Waals surface area contributed by atoms with E-state index in [2.05, 4.69) is 12.2 Å². The van der Waals surface area contributed by atoms with Crippen molar-refractivity contribution >= 4 is 12.0 Å². The third-order valence-corrected chi connectivity index (χ3v) is 4.00. The van der Waals surface area contributed by atoms with E-state index < -0.39 is 5.97 Å². The number of amides is 2. The van der Waals surface area contributed by atoms with Gasteiger partial charge in [-0.25, -0.2) is 9.59 Å². The Bertz CT molecular complexity index is 499. The van der Waals surface area contributed by atoms with E-state index in [-0.39, 0.29) is 11.6 Å². The fourth-order valence-corrected chi connectivity index (χ4v) is 2.74. The van der Waals surface area contributed by atoms with Crippen LogP contribution in [0.2, 0.25) is 0 Å². The molecule has 21 heavy (non-hydrogen) atoms. The molecular formula is C16H22N2O3. The number of urea groups is 1. The predicted octanol–water partition coefficient (Wildman–Crippen LogP) is 2.86. The molecule has 0 bridgehead atoms. The van der Waals surface area contributed by atoms with Crippen LogP contribution in [0.4, 0.5) is 4.79 Å². The molecule has 1 heterocycles. The lowest BCUT2D eigenvalue weighted by atomic mass is 10.0. The minimum Gasteiger partial charge on any atom is -0.478 e. The first-order chi connectivity index (χ1) is 10.1. The first-order valence-electron chi connectivity index (χ1n) is 7.48. The van der Waals surface area contributed by atoms with E-state index in [0.717, 1.165) is 31.4 Å². The molecule has 0 spiro atoms. The molecule has 1 atom stereocenters. The van der Waals surface area contributed by atoms with Crippen LogP contribution in [0.1, 0.15) is 48.5 Å². The standard InChI is InChI=1S/C16H22N2O3/c1-2-14-5-3-4-10-18(14)16(21)17-11-12-6-8-13(9-7-12)15(19)20/h6-9,14H,2-5,10-11H2,1H3,(H,17,21)(H,19,20). The van der Waals surface area contributed by atoms with Crippen LogP contribution in [0.5, 0.6) is 0 Å². The van der Waals surface area contributed by atoms with Crippen molar-refractivity contribution in [2.24, 2.45) is 0 Å². The Morgan fingerprint density at radius 3 is 2.62 bits per heavy atom. The summed E-state index contributed by atoms with van der Waals surface area (Å²) in [4.78, 5) is 24.9. The highest BCUT2D eigenvalue weighted by molar-refractivity contribution is 5.87. The van der Waals surface area contributed by atoms with Gasteiger partial charge in [0, 0.05) is 19.1 Å². The van der Waals surface area contributed by atoms with E-state index >= 15 is 0 Å². The van der Waals surface area contributed by atoms with Gasteiger partial charge in [0.1, 0.15) is 0 Å². The van der Waals surface area contributed by atoms with Crippen molar-refractivity contribution in [3.63, 3.8) is 0 Å². The van der Waals surface area contributed by atoms with Gasteiger partial charge in [-0.15, -0.1) is 0 Å². The van der Waals surface area contributed by atoms with Crippen LogP contribution in [-0.2, 0) is 6.54 Å². The molecule has 2 amide bonds. The fraction of sp³-hybridized carbons (Fsp3) is 0.500. The fourth-order valence-electron chi connectivity index (χ4n) is 2.74. The van der Waals surface area contributed by atoms with E-state index in [9.17, 15) is 9.59 Å². The van der Waals surface area contributed by atoms with Crippen LogP contribution in [0, 0.1) is 0 Å². The van der Waals surface area contributed by atoms with Gasteiger partial charge in [0.2, 0.25) is 0 Å². The van der Waals surface area contributed by atoms with Gasteiger partial charge < -0.3 is 15.3 Å². The monoisotopic (exact) mass is 290 g/mol. The molecular weight excluding hydrogens is 268 g/mol. The SMILES string of the molecule is CCC1CCCCN1C(=O)NCc1ccc(C(=O)O)cc1. The Morgan fingerprint density at radius 1 is 1.29 bits per heavy atom. The van der Waals surface area contributed by atoms with Gasteiger partial charge in [-0.1, -0.05) is 19.1 Å². The number of aromatic carboxylic acids is 1. The lowest BCUT2D eigenvalue weighted by Gasteiger charge is -2.35. The number of rotatable bonds is 4. The van der Waals surface area contributed by atoms with Crippen LogP contribution in [-0.4, -0.2) is 34.6 Å². The summed E-state index contributed by atoms with van der Waals surface area (Å²) in [6.07, 6.45) is 4.33. The number of hydrogen-bond acceptors (Lipinski definition) is 2. The predicted molar refractivity (Wildman–Crippen MR) is 80.3 cm³/mol. The highest BCUT2D eigenvalue weighted by Gasteiger charge is 2.24. The molecule has 5 nitrogen and oxygen atoms in total. The molecule has 0 radical (unpaired) electrons. The molecule has 2 rings (SSSR count). The second-order valence-electron chi connectivity index (χ2n) is 5.41. The molecule has 1 aromatic rings. The lowest BCUT2D eigenvalue weighted by Crippen LogP contribution is -2.48. The van der Waals surface area contributed by atoms with Crippen molar-refractivity contribution in [3.8, 4) is 0 Å². The third kappa shape index (κ3) is 3.97. The van der Waals surface area contributed by atoms with Gasteiger partial charge in [-0.3, -0.25) is 0 Å². The van der Waals surface area contributed by atoms with Crippen molar-refractivity contribution in [2.45, 2.75) is 45.2 Å². The summed E-state index contributed by atoms with van der Waals surface area (Å²) in [7, 11) is 0. The largest absolute Gasteiger partial charge is 0.478 e. The summed E-state index contributed by atoms with van der Waals surface area (Å²) in [6, 6.07) is 6.89. The number of carbonyl (C=O) groups is 2. The Balaban J connectivity index is 1.89. The van der Waals surface area contributed by atoms with E-state index in [1.54, 1.807) is 24.3 Å². The summed E-state index contributed by atoms with van der Waals surface area (Å²) in [6.45, 7) is 3.36. The quantitative estimate of drug-likeness (QED) is 0.895. The topological polar surface area (TPSA) is 69.6 Å². The van der Waals surface area contributed by atoms with Crippen LogP contribution in [0.15, 0.2) is 24.3 Å². The zero-order valence-electron chi connectivity index (χ0n) is 12.3. The number of carbonyl (C=O) groups excluding carboxylic acids is 1. The minimum absolute atomic E-state index is 0.0242. The number of benzene rings is 1. The van der Waals surface area contributed by atoms with Gasteiger partial charge >= 0.3 is 12.0 Å². The van der Waals surface area contributed by atoms with Gasteiger partial charge in [-0.05, 0) is 43.4 Å². The molecule has 1 saturated heterocycles. The van der Waals surface area contributed by atoms with Crippen molar-refractivity contribution in [1.29, 1.82) is 0 Å². The number of likely N-dealkylation sites (tertiary alicyclic amines) is 1. The van der Waals surface area contributed by atoms with Gasteiger partial charge in [-0.2, -0.15) is 0 Å². The van der Waals surface area contributed by atoms with Gasteiger partial charge in [0.15, 0.2) is 0 Å². The molecule has 0 aromatic heterocycles. The lowest BCUT2D eigenvalue weighted by molar-refractivity contribution is 0.0697. The van der Waals surface area contributed by atoms with Crippen molar-refractivity contribution in [2.75, 3.05) is 6.54 Å². The molecule has 0 aliphatic carbocycles. The van der Waals surface area contributed by atoms with Crippen LogP contribution >= 0.6 is 0 Å². The highest BCUT2D eigenvalue weighted by atomic mass is 16.4. The Morgan fingerprint density at radius 2 is 2.00 bits per heavy atom. The summed E-state index contributed by atoms with van der Waals surface area (Å²) < 4.78 is 0. The Labute approximate surface area is 125 Å². The smallest absolute Gasteiger partial charge is 0.335 e. The van der Waals surface area contributed by atoms with Crippen molar-refractivity contribution < 1.29 is 14.7 Å². The summed E-state index contributed by atoms with van der Waals surface area (Å²) >= 11 is 0. The van der Waals surface area contributed by atoms with Crippen LogP contribution in [0.3, 0.4) is 0 Å². The molecule has 1 unspecified atom stereocenters. The number of piperidine rings is 1. The first kappa shape index (κ1) is 15.4. The molecule has 114 valence electrons. The molecule has 1 aliphatic heterocycles. The van der Waals surface area contributed by atoms with Crippen LogP contribution in [0.25, 0.3) is 0 Å². The number of hydrogen-bond donors (Lipinski definition) is 2. The van der Waals surface area contributed by atoms with E-state index in [1.807, 2.05) is 4.90 Å². The number of carboxylic acid groups (broad SMARTS) is 1. The normalized spacial score (nSPS) is 18.3. The van der Waals surface area contributed by atoms with Crippen molar-refractivity contribution in [1.82, 2.24) is 10.2 Å². The zero-order valence-corrected chi connectivity index (χ0v) is 12.3. The van der Waals surface area contributed by atoms with E-state index in [0.29, 0.717) is 12.6 Å². The van der Waals surface area contributed by atoms with E-state index in [1.165, 1.54) is 6.42 Å². The van der Waals surface area contributed by atoms with Crippen LogP contribution < -0.4 is 5.32 Å². The molecule has 1 aromatic carbocycles. The maximum atomic E-state index is 12.2. The first-order valence-corrected chi connectivity index (χ1v) is 7.48. The summed E-state index contributed by atoms with van der Waals surface area (Å²) in [5.41, 5.74) is 1.16. The van der Waals surface area contributed by atoms with Gasteiger partial charge in [0.05, 0.1) is 5.56 Å². The molecule has 2 N–H and O–H groups in total. The summed E-state index contributed by atoms with van der Waals surface area (Å²) in [5, 5.41) is 11.8. The summed E-state index contributed by atoms with van der Waals surface area (Å²) in [5.74, 6) is -0.940. The maximum absolute atomic E-state index is 12.2. The Kier molecular flexibility index (Phi) is 5.20. The zero-order chi connectivity index (χ0) is 15.2. The average Bonchev–Trinajstić information content (AvgIpc) is 2.52. The number of carboxylic acids is 1. The molecule has 0 saturated carbocycles.